The van der Waals surface area contributed by atoms with Gasteiger partial charge in [0.2, 0.25) is 5.82 Å². The molecule has 2 aromatic rings. The maximum atomic E-state index is 10.9. The summed E-state index contributed by atoms with van der Waals surface area (Å²) in [5.41, 5.74) is 0.482. The summed E-state index contributed by atoms with van der Waals surface area (Å²) in [6, 6.07) is -0.329. The van der Waals surface area contributed by atoms with Crippen molar-refractivity contribution in [3.8, 4) is 11.5 Å². The van der Waals surface area contributed by atoms with Crippen molar-refractivity contribution in [1.82, 2.24) is 35.6 Å². The molecule has 1 unspecified atom stereocenters. The first-order chi connectivity index (χ1) is 8.59. The number of H-pyrrole nitrogens is 1. The van der Waals surface area contributed by atoms with Gasteiger partial charge in [0.15, 0.2) is 5.69 Å². The van der Waals surface area contributed by atoms with E-state index in [1.807, 2.05) is 13.8 Å². The first-order valence-electron chi connectivity index (χ1n) is 5.45. The van der Waals surface area contributed by atoms with E-state index in [9.17, 15) is 4.79 Å². The molecule has 0 fully saturated rings. The molecule has 18 heavy (non-hydrogen) atoms. The minimum Gasteiger partial charge on any atom is -0.481 e. The summed E-state index contributed by atoms with van der Waals surface area (Å²) in [4.78, 5) is 10.9. The minimum absolute atomic E-state index is 0.0481. The quantitative estimate of drug-likeness (QED) is 0.774. The van der Waals surface area contributed by atoms with Gasteiger partial charge in [-0.3, -0.25) is 4.79 Å². The number of tetrazole rings is 1. The fourth-order valence-electron chi connectivity index (χ4n) is 1.68. The monoisotopic (exact) mass is 251 g/mol. The fraction of sp³-hybridized carbons (Fsp3) is 0.556. The lowest BCUT2D eigenvalue weighted by atomic mass is 10.0. The largest absolute Gasteiger partial charge is 0.481 e. The summed E-state index contributed by atoms with van der Waals surface area (Å²) < 4.78 is 1.48. The Kier molecular flexibility index (Phi) is 3.31. The second-order valence-corrected chi connectivity index (χ2v) is 4.21. The van der Waals surface area contributed by atoms with Crippen molar-refractivity contribution in [2.45, 2.75) is 26.3 Å². The third-order valence-electron chi connectivity index (χ3n) is 2.60. The Morgan fingerprint density at radius 1 is 1.56 bits per heavy atom. The number of aliphatic carboxylic acids is 1. The highest BCUT2D eigenvalue weighted by Gasteiger charge is 2.25. The Morgan fingerprint density at radius 3 is 2.89 bits per heavy atom. The molecule has 0 aliphatic carbocycles. The van der Waals surface area contributed by atoms with E-state index in [4.69, 9.17) is 5.11 Å². The lowest BCUT2D eigenvalue weighted by molar-refractivity contribution is -0.138. The molecule has 0 spiro atoms. The van der Waals surface area contributed by atoms with Crippen LogP contribution in [-0.4, -0.2) is 46.7 Å². The molecule has 0 aromatic carbocycles. The topological polar surface area (TPSA) is 122 Å². The van der Waals surface area contributed by atoms with Crippen molar-refractivity contribution in [2.24, 2.45) is 5.92 Å². The first kappa shape index (κ1) is 12.1. The van der Waals surface area contributed by atoms with Crippen molar-refractivity contribution in [2.75, 3.05) is 0 Å². The van der Waals surface area contributed by atoms with E-state index >= 15 is 0 Å². The maximum absolute atomic E-state index is 10.9. The Morgan fingerprint density at radius 2 is 2.33 bits per heavy atom. The van der Waals surface area contributed by atoms with Gasteiger partial charge < -0.3 is 5.11 Å². The van der Waals surface area contributed by atoms with Crippen LogP contribution in [0.15, 0.2) is 6.20 Å². The van der Waals surface area contributed by atoms with Crippen LogP contribution in [-0.2, 0) is 4.79 Å². The lowest BCUT2D eigenvalue weighted by Crippen LogP contribution is -2.21. The van der Waals surface area contributed by atoms with E-state index in [1.165, 1.54) is 10.9 Å². The SMILES string of the molecule is CC(C)C(CC(=O)O)n1nnnc1-c1cn[nH]n1. The van der Waals surface area contributed by atoms with Gasteiger partial charge in [-0.2, -0.15) is 15.4 Å². The lowest BCUT2D eigenvalue weighted by Gasteiger charge is -2.19. The minimum atomic E-state index is -0.893. The molecular formula is C9H13N7O2. The molecule has 0 bridgehead atoms. The molecule has 0 aliphatic rings. The molecule has 0 amide bonds. The van der Waals surface area contributed by atoms with Crippen molar-refractivity contribution >= 4 is 5.97 Å². The zero-order valence-electron chi connectivity index (χ0n) is 9.98. The molecule has 9 nitrogen and oxygen atoms in total. The third kappa shape index (κ3) is 2.34. The van der Waals surface area contributed by atoms with Crippen LogP contribution in [0.25, 0.3) is 11.5 Å². The first-order valence-corrected chi connectivity index (χ1v) is 5.45. The summed E-state index contributed by atoms with van der Waals surface area (Å²) in [7, 11) is 0. The second-order valence-electron chi connectivity index (χ2n) is 4.21. The van der Waals surface area contributed by atoms with E-state index in [2.05, 4.69) is 30.9 Å². The smallest absolute Gasteiger partial charge is 0.305 e. The average Bonchev–Trinajstić information content (AvgIpc) is 2.95. The van der Waals surface area contributed by atoms with Gasteiger partial charge in [-0.05, 0) is 16.3 Å². The number of aromatic amines is 1. The van der Waals surface area contributed by atoms with Crippen molar-refractivity contribution < 1.29 is 9.90 Å². The average molecular weight is 251 g/mol. The van der Waals surface area contributed by atoms with Crippen molar-refractivity contribution in [1.29, 1.82) is 0 Å². The van der Waals surface area contributed by atoms with E-state index in [0.29, 0.717) is 11.5 Å². The van der Waals surface area contributed by atoms with Crippen LogP contribution in [0.5, 0.6) is 0 Å². The molecule has 2 heterocycles. The molecule has 1 atom stereocenters. The van der Waals surface area contributed by atoms with Crippen LogP contribution in [0.3, 0.4) is 0 Å². The molecule has 0 radical (unpaired) electrons. The number of aromatic nitrogens is 7. The number of carboxylic acid groups (broad SMARTS) is 1. The van der Waals surface area contributed by atoms with E-state index in [1.54, 1.807) is 0 Å². The van der Waals surface area contributed by atoms with Crippen LogP contribution in [0.1, 0.15) is 26.3 Å². The fourth-order valence-corrected chi connectivity index (χ4v) is 1.68. The standard InChI is InChI=1S/C9H13N7O2/c1-5(2)7(3-8(17)18)16-9(12-14-15-16)6-4-10-13-11-6/h4-5,7H,3H2,1-2H3,(H,17,18)(H,10,11,13). The number of hydrogen-bond donors (Lipinski definition) is 2. The number of carboxylic acids is 1. The van der Waals surface area contributed by atoms with Crippen LogP contribution < -0.4 is 0 Å². The van der Waals surface area contributed by atoms with Crippen LogP contribution >= 0.6 is 0 Å². The molecule has 2 N–H and O–H groups in total. The summed E-state index contributed by atoms with van der Waals surface area (Å²) in [5, 5.41) is 30.3. The molecular weight excluding hydrogens is 238 g/mol. The van der Waals surface area contributed by atoms with Gasteiger partial charge in [-0.1, -0.05) is 13.8 Å². The highest BCUT2D eigenvalue weighted by molar-refractivity contribution is 5.67. The zero-order valence-corrected chi connectivity index (χ0v) is 9.98. The molecule has 96 valence electrons. The van der Waals surface area contributed by atoms with Gasteiger partial charge in [0.25, 0.3) is 0 Å². The van der Waals surface area contributed by atoms with Gasteiger partial charge in [0.05, 0.1) is 18.7 Å². The predicted molar refractivity (Wildman–Crippen MR) is 59.3 cm³/mol. The normalized spacial score (nSPS) is 12.8. The zero-order chi connectivity index (χ0) is 13.1. The number of hydrogen-bond acceptors (Lipinski definition) is 6. The van der Waals surface area contributed by atoms with Gasteiger partial charge in [0.1, 0.15) is 0 Å². The summed E-state index contributed by atoms with van der Waals surface area (Å²) >= 11 is 0. The molecule has 2 aromatic heterocycles. The number of rotatable bonds is 5. The summed E-state index contributed by atoms with van der Waals surface area (Å²) in [6.07, 6.45) is 1.44. The molecule has 0 aliphatic heterocycles. The Labute approximate surface area is 102 Å². The van der Waals surface area contributed by atoms with Crippen molar-refractivity contribution in [3.05, 3.63) is 6.20 Å². The van der Waals surface area contributed by atoms with Gasteiger partial charge in [-0.25, -0.2) is 4.68 Å². The van der Waals surface area contributed by atoms with Crippen LogP contribution in [0.4, 0.5) is 0 Å². The van der Waals surface area contributed by atoms with Crippen LogP contribution in [0.2, 0.25) is 0 Å². The number of carbonyl (C=O) groups is 1. The van der Waals surface area contributed by atoms with Crippen LogP contribution in [0, 0.1) is 5.92 Å². The summed E-state index contributed by atoms with van der Waals surface area (Å²) in [6.45, 7) is 3.84. The highest BCUT2D eigenvalue weighted by Crippen LogP contribution is 2.24. The Hall–Kier alpha value is -2.32. The van der Waals surface area contributed by atoms with E-state index in [-0.39, 0.29) is 18.4 Å². The number of nitrogens with one attached hydrogen (secondary N) is 1. The van der Waals surface area contributed by atoms with Gasteiger partial charge in [0, 0.05) is 0 Å². The van der Waals surface area contributed by atoms with Crippen molar-refractivity contribution in [3.63, 3.8) is 0 Å². The van der Waals surface area contributed by atoms with Gasteiger partial charge in [-0.15, -0.1) is 5.10 Å². The predicted octanol–water partition coefficient (Wildman–Crippen LogP) is 0.130. The van der Waals surface area contributed by atoms with E-state index in [0.717, 1.165) is 0 Å². The number of nitrogens with zero attached hydrogens (tertiary/aromatic N) is 6. The van der Waals surface area contributed by atoms with E-state index < -0.39 is 5.97 Å². The van der Waals surface area contributed by atoms with Gasteiger partial charge >= 0.3 is 5.97 Å². The Balaban J connectivity index is 2.37. The second kappa shape index (κ2) is 4.90. The molecule has 2 rings (SSSR count). The molecule has 9 heteroatoms. The third-order valence-corrected chi connectivity index (χ3v) is 2.60. The highest BCUT2D eigenvalue weighted by atomic mass is 16.4. The molecule has 0 saturated carbocycles. The molecule has 0 saturated heterocycles. The Bertz CT molecular complexity index is 519. The maximum Gasteiger partial charge on any atom is 0.305 e. The summed E-state index contributed by atoms with van der Waals surface area (Å²) in [5.74, 6) is -0.408.